The number of hydrogen-bond donors (Lipinski definition) is 0. The minimum atomic E-state index is -1.74. The molecule has 0 N–H and O–H groups in total. The molecule has 0 aliphatic carbocycles. The van der Waals surface area contributed by atoms with Gasteiger partial charge >= 0.3 is 160 Å². The number of allylic oxidation sites excluding steroid dienone is 8. The van der Waals surface area contributed by atoms with Crippen molar-refractivity contribution in [2.75, 3.05) is 0 Å². The molecule has 146 valence electrons. The Morgan fingerprint density at radius 2 is 0.680 bits per heavy atom. The van der Waals surface area contributed by atoms with E-state index in [9.17, 15) is 0 Å². The van der Waals surface area contributed by atoms with Crippen molar-refractivity contribution in [3.63, 3.8) is 0 Å². The van der Waals surface area contributed by atoms with Gasteiger partial charge in [-0.2, -0.15) is 0 Å². The van der Waals surface area contributed by atoms with Crippen LogP contribution in [-0.2, 0) is 0 Å². The van der Waals surface area contributed by atoms with Gasteiger partial charge in [0.2, 0.25) is 0 Å². The maximum absolute atomic E-state index is 2.55. The molecule has 0 aromatic rings. The quantitative estimate of drug-likeness (QED) is 0.242. The van der Waals surface area contributed by atoms with Gasteiger partial charge in [-0.05, 0) is 0 Å². The average Bonchev–Trinajstić information content (AvgIpc) is 2.63. The normalized spacial score (nSPS) is 19.2. The van der Waals surface area contributed by atoms with Crippen molar-refractivity contribution in [1.29, 1.82) is 0 Å². The first-order valence-corrected chi connectivity index (χ1v) is 12.9. The molecule has 0 amide bonds. The SMILES string of the molecule is C/C=C/C(CC)[PH](C(/C=C/C)CC)(C(/C=C/C)CC)C(/C=C/C)CC. The van der Waals surface area contributed by atoms with Crippen LogP contribution in [0, 0.1) is 0 Å². The van der Waals surface area contributed by atoms with E-state index in [1.807, 2.05) is 0 Å². The third-order valence-corrected chi connectivity index (χ3v) is 13.6. The summed E-state index contributed by atoms with van der Waals surface area (Å²) in [7, 11) is -1.74. The van der Waals surface area contributed by atoms with Crippen molar-refractivity contribution in [2.45, 2.75) is 104 Å². The topological polar surface area (TPSA) is 0 Å². The van der Waals surface area contributed by atoms with Gasteiger partial charge in [0.1, 0.15) is 0 Å². The van der Waals surface area contributed by atoms with Crippen molar-refractivity contribution in [2.24, 2.45) is 0 Å². The molecular weight excluding hydrogens is 319 g/mol. The third-order valence-electron chi connectivity index (χ3n) is 6.03. The zero-order chi connectivity index (χ0) is 19.3. The van der Waals surface area contributed by atoms with Crippen LogP contribution >= 0.6 is 7.26 Å². The molecule has 0 saturated carbocycles. The van der Waals surface area contributed by atoms with Crippen LogP contribution in [0.25, 0.3) is 0 Å². The first kappa shape index (κ1) is 24.4. The van der Waals surface area contributed by atoms with Gasteiger partial charge in [0.15, 0.2) is 0 Å². The van der Waals surface area contributed by atoms with Crippen molar-refractivity contribution in [1.82, 2.24) is 0 Å². The molecule has 4 atom stereocenters. The van der Waals surface area contributed by atoms with E-state index >= 15 is 0 Å². The average molecular weight is 365 g/mol. The van der Waals surface area contributed by atoms with E-state index in [-0.39, 0.29) is 0 Å². The van der Waals surface area contributed by atoms with Gasteiger partial charge in [-0.3, -0.25) is 0 Å². The summed E-state index contributed by atoms with van der Waals surface area (Å²) in [6.45, 7) is 18.4. The van der Waals surface area contributed by atoms with E-state index in [0.717, 1.165) is 22.6 Å². The number of hydrogen-bond acceptors (Lipinski definition) is 0. The first-order chi connectivity index (χ1) is 12.1. The Hall–Kier alpha value is -0.610. The summed E-state index contributed by atoms with van der Waals surface area (Å²) >= 11 is 0. The van der Waals surface area contributed by atoms with E-state index in [1.54, 1.807) is 0 Å². The van der Waals surface area contributed by atoms with E-state index in [1.165, 1.54) is 25.7 Å². The van der Waals surface area contributed by atoms with Crippen LogP contribution in [0.5, 0.6) is 0 Å². The van der Waals surface area contributed by atoms with Gasteiger partial charge in [-0.15, -0.1) is 0 Å². The van der Waals surface area contributed by atoms with Crippen LogP contribution < -0.4 is 0 Å². The Balaban J connectivity index is 6.86. The summed E-state index contributed by atoms with van der Waals surface area (Å²) < 4.78 is 0. The van der Waals surface area contributed by atoms with Crippen LogP contribution in [0.3, 0.4) is 0 Å². The van der Waals surface area contributed by atoms with Gasteiger partial charge in [-0.25, -0.2) is 0 Å². The van der Waals surface area contributed by atoms with Crippen molar-refractivity contribution >= 4 is 7.26 Å². The summed E-state index contributed by atoms with van der Waals surface area (Å²) in [6.07, 6.45) is 24.5. The Bertz CT molecular complexity index is 356. The van der Waals surface area contributed by atoms with Gasteiger partial charge in [0, 0.05) is 0 Å². The second-order valence-corrected chi connectivity index (χ2v) is 12.1. The molecule has 0 aromatic heterocycles. The zero-order valence-electron chi connectivity index (χ0n) is 18.3. The van der Waals surface area contributed by atoms with E-state index in [2.05, 4.69) is 104 Å². The fraction of sp³-hybridized carbons (Fsp3) is 0.667. The molecule has 0 saturated heterocycles. The minimum absolute atomic E-state index is 0.723. The molecule has 0 aliphatic heterocycles. The first-order valence-electron chi connectivity index (χ1n) is 10.6. The monoisotopic (exact) mass is 364 g/mol. The molecule has 0 radical (unpaired) electrons. The predicted molar refractivity (Wildman–Crippen MR) is 124 cm³/mol. The van der Waals surface area contributed by atoms with Crippen molar-refractivity contribution < 1.29 is 0 Å². The van der Waals surface area contributed by atoms with E-state index in [0.29, 0.717) is 0 Å². The third kappa shape index (κ3) is 5.68. The molecule has 0 nitrogen and oxygen atoms in total. The van der Waals surface area contributed by atoms with Crippen molar-refractivity contribution in [3.05, 3.63) is 48.6 Å². The Labute approximate surface area is 159 Å². The van der Waals surface area contributed by atoms with Gasteiger partial charge in [0.25, 0.3) is 0 Å². The molecule has 0 aliphatic rings. The van der Waals surface area contributed by atoms with Gasteiger partial charge in [0.05, 0.1) is 0 Å². The standard InChI is InChI=1S/C24H45P/c1-9-17-21(13-5)25(22(14-6)18-10-2,23(15-7)19-11-3)24(16-8)20-12-4/h9-12,17-25H,13-16H2,1-8H3/b17-9+,18-10+,19-11+,20-12+. The van der Waals surface area contributed by atoms with Crippen LogP contribution in [-0.4, -0.2) is 22.6 Å². The Kier molecular flexibility index (Phi) is 13.2. The Morgan fingerprint density at radius 1 is 0.480 bits per heavy atom. The molecular formula is C24H45P. The fourth-order valence-corrected chi connectivity index (χ4v) is 13.4. The summed E-state index contributed by atoms with van der Waals surface area (Å²) in [5, 5.41) is 0. The number of rotatable bonds is 12. The second-order valence-electron chi connectivity index (χ2n) is 7.16. The van der Waals surface area contributed by atoms with Crippen molar-refractivity contribution in [3.8, 4) is 0 Å². The molecule has 0 bridgehead atoms. The summed E-state index contributed by atoms with van der Waals surface area (Å²) in [5.41, 5.74) is 2.89. The summed E-state index contributed by atoms with van der Waals surface area (Å²) in [5.74, 6) is 0. The molecule has 0 spiro atoms. The molecule has 0 aromatic carbocycles. The van der Waals surface area contributed by atoms with E-state index in [4.69, 9.17) is 0 Å². The molecule has 4 unspecified atom stereocenters. The summed E-state index contributed by atoms with van der Waals surface area (Å²) in [6, 6.07) is 0. The zero-order valence-corrected chi connectivity index (χ0v) is 19.3. The van der Waals surface area contributed by atoms with Crippen LogP contribution in [0.15, 0.2) is 48.6 Å². The predicted octanol–water partition coefficient (Wildman–Crippen LogP) is 8.16. The molecule has 25 heavy (non-hydrogen) atoms. The summed E-state index contributed by atoms with van der Waals surface area (Å²) in [4.78, 5) is 0. The van der Waals surface area contributed by atoms with Crippen LogP contribution in [0.1, 0.15) is 81.1 Å². The Morgan fingerprint density at radius 3 is 0.800 bits per heavy atom. The van der Waals surface area contributed by atoms with E-state index < -0.39 is 7.26 Å². The van der Waals surface area contributed by atoms with Crippen LogP contribution in [0.4, 0.5) is 0 Å². The molecule has 0 heterocycles. The molecule has 1 heteroatoms. The maximum atomic E-state index is 2.55. The second kappa shape index (κ2) is 13.6. The fourth-order valence-electron chi connectivity index (χ4n) is 5.20. The molecule has 0 fully saturated rings. The van der Waals surface area contributed by atoms with Crippen LogP contribution in [0.2, 0.25) is 0 Å². The molecule has 0 rings (SSSR count). The van der Waals surface area contributed by atoms with Gasteiger partial charge in [-0.1, -0.05) is 0 Å². The van der Waals surface area contributed by atoms with Gasteiger partial charge < -0.3 is 0 Å².